The minimum absolute atomic E-state index is 0.131. The van der Waals surface area contributed by atoms with E-state index in [1.54, 1.807) is 0 Å². The van der Waals surface area contributed by atoms with Crippen LogP contribution in [0.1, 0.15) is 91.4 Å². The molecule has 2 rings (SSSR count). The predicted octanol–water partition coefficient (Wildman–Crippen LogP) is 6.30. The quantitative estimate of drug-likeness (QED) is 0.337. The van der Waals surface area contributed by atoms with Crippen molar-refractivity contribution < 1.29 is 19.4 Å². The molecule has 0 amide bonds. The highest BCUT2D eigenvalue weighted by Crippen LogP contribution is 2.39. The summed E-state index contributed by atoms with van der Waals surface area (Å²) in [4.78, 5) is 11.1. The summed E-state index contributed by atoms with van der Waals surface area (Å²) in [6.45, 7) is 11.5. The Bertz CT molecular complexity index is 560. The van der Waals surface area contributed by atoms with Gasteiger partial charge < -0.3 is 14.6 Å². The molecule has 4 nitrogen and oxygen atoms in total. The number of allylic oxidation sites excluding steroid dienone is 1. The molecule has 0 aromatic heterocycles. The molecule has 168 valence electrons. The second-order valence-electron chi connectivity index (χ2n) is 11.2. The Hall–Kier alpha value is -0.653. The molecule has 2 aliphatic carbocycles. The Morgan fingerprint density at radius 1 is 1.21 bits per heavy atom. The van der Waals surface area contributed by atoms with Gasteiger partial charge in [0, 0.05) is 0 Å². The Morgan fingerprint density at radius 3 is 2.45 bits per heavy atom. The molecule has 2 saturated carbocycles. The zero-order valence-corrected chi connectivity index (χ0v) is 20.4. The number of hydrogen-bond donors (Lipinski definition) is 2. The van der Waals surface area contributed by atoms with Crippen molar-refractivity contribution in [1.82, 2.24) is 0 Å². The van der Waals surface area contributed by atoms with E-state index in [2.05, 4.69) is 46.0 Å². The number of aliphatic carboxylic acids is 1. The highest BCUT2D eigenvalue weighted by Gasteiger charge is 2.39. The number of rotatable bonds is 9. The first-order valence-electron chi connectivity index (χ1n) is 11.7. The molecular weight excluding hydrogens is 380 g/mol. The van der Waals surface area contributed by atoms with Gasteiger partial charge in [-0.05, 0) is 68.5 Å². The Morgan fingerprint density at radius 2 is 1.86 bits per heavy atom. The summed E-state index contributed by atoms with van der Waals surface area (Å²) in [6.07, 6.45) is 15.3. The van der Waals surface area contributed by atoms with Gasteiger partial charge in [-0.2, -0.15) is 0 Å². The van der Waals surface area contributed by atoms with Crippen LogP contribution in [-0.2, 0) is 9.22 Å². The maximum atomic E-state index is 11.1. The van der Waals surface area contributed by atoms with Gasteiger partial charge in [-0.15, -0.1) is 0 Å². The van der Waals surface area contributed by atoms with Gasteiger partial charge in [0.25, 0.3) is 0 Å². The lowest BCUT2D eigenvalue weighted by atomic mass is 9.76. The third-order valence-corrected chi connectivity index (χ3v) is 12.0. The number of carboxylic acid groups (broad SMARTS) is 1. The summed E-state index contributed by atoms with van der Waals surface area (Å²) >= 11 is 0. The van der Waals surface area contributed by atoms with Gasteiger partial charge in [0.1, 0.15) is 0 Å². The fourth-order valence-corrected chi connectivity index (χ4v) is 6.03. The third kappa shape index (κ3) is 7.84. The van der Waals surface area contributed by atoms with Gasteiger partial charge >= 0.3 is 5.97 Å². The van der Waals surface area contributed by atoms with Gasteiger partial charge in [-0.3, -0.25) is 4.79 Å². The number of carboxylic acids is 1. The number of aliphatic hydroxyl groups is 1. The van der Waals surface area contributed by atoms with Crippen molar-refractivity contribution in [2.24, 2.45) is 11.8 Å². The lowest BCUT2D eigenvalue weighted by Gasteiger charge is -2.39. The van der Waals surface area contributed by atoms with Crippen molar-refractivity contribution >= 4 is 14.3 Å². The lowest BCUT2D eigenvalue weighted by Crippen LogP contribution is -2.43. The molecule has 2 N–H and O–H groups in total. The summed E-state index contributed by atoms with van der Waals surface area (Å²) in [5, 5.41) is 20.0. The fourth-order valence-electron chi connectivity index (χ4n) is 4.72. The lowest BCUT2D eigenvalue weighted by molar-refractivity contribution is -0.144. The van der Waals surface area contributed by atoms with Crippen molar-refractivity contribution in [3.63, 3.8) is 0 Å². The smallest absolute Gasteiger partial charge is 0.306 e. The topological polar surface area (TPSA) is 66.8 Å². The number of carbonyl (C=O) groups is 1. The summed E-state index contributed by atoms with van der Waals surface area (Å²) < 4.78 is 6.77. The molecule has 0 aromatic rings. The van der Waals surface area contributed by atoms with E-state index in [1.807, 2.05) is 0 Å². The van der Waals surface area contributed by atoms with Crippen molar-refractivity contribution in [1.29, 1.82) is 0 Å². The van der Waals surface area contributed by atoms with E-state index in [-0.39, 0.29) is 23.5 Å². The van der Waals surface area contributed by atoms with Gasteiger partial charge in [0.15, 0.2) is 8.32 Å². The van der Waals surface area contributed by atoms with Crippen LogP contribution in [0, 0.1) is 11.8 Å². The molecule has 29 heavy (non-hydrogen) atoms. The van der Waals surface area contributed by atoms with Crippen LogP contribution in [0.5, 0.6) is 0 Å². The molecule has 0 bridgehead atoms. The maximum Gasteiger partial charge on any atom is 0.306 e. The number of hydrogen-bond acceptors (Lipinski definition) is 3. The van der Waals surface area contributed by atoms with E-state index < -0.39 is 19.9 Å². The van der Waals surface area contributed by atoms with Crippen LogP contribution in [-0.4, -0.2) is 36.2 Å². The summed E-state index contributed by atoms with van der Waals surface area (Å²) in [6, 6.07) is 0. The van der Waals surface area contributed by atoms with E-state index in [0.717, 1.165) is 25.2 Å². The fraction of sp³-hybridized carbons (Fsp3) is 0.875. The Kier molecular flexibility index (Phi) is 8.58. The van der Waals surface area contributed by atoms with Gasteiger partial charge in [-0.25, -0.2) is 0 Å². The van der Waals surface area contributed by atoms with Crippen LogP contribution in [0.2, 0.25) is 18.1 Å². The molecule has 3 atom stereocenters. The highest BCUT2D eigenvalue weighted by molar-refractivity contribution is 6.74. The van der Waals surface area contributed by atoms with Crippen LogP contribution in [0.15, 0.2) is 12.2 Å². The predicted molar refractivity (Wildman–Crippen MR) is 122 cm³/mol. The van der Waals surface area contributed by atoms with Gasteiger partial charge in [0.2, 0.25) is 0 Å². The average molecular weight is 425 g/mol. The second-order valence-corrected chi connectivity index (χ2v) is 15.9. The largest absolute Gasteiger partial charge is 0.481 e. The van der Waals surface area contributed by atoms with Gasteiger partial charge in [0.05, 0.1) is 18.1 Å². The molecule has 0 saturated heterocycles. The first kappa shape index (κ1) is 24.6. The van der Waals surface area contributed by atoms with E-state index in [0.29, 0.717) is 12.8 Å². The van der Waals surface area contributed by atoms with Crippen molar-refractivity contribution in [2.45, 2.75) is 121 Å². The summed E-state index contributed by atoms with van der Waals surface area (Å²) in [5.74, 6) is 0.183. The molecular formula is C24H44O4Si. The summed E-state index contributed by atoms with van der Waals surface area (Å²) in [7, 11) is -1.86. The Balaban J connectivity index is 2.03. The molecule has 0 aromatic carbocycles. The monoisotopic (exact) mass is 424 g/mol. The maximum absolute atomic E-state index is 11.1. The molecule has 5 heteroatoms. The van der Waals surface area contributed by atoms with Crippen LogP contribution in [0.4, 0.5) is 0 Å². The molecule has 0 aliphatic heterocycles. The van der Waals surface area contributed by atoms with E-state index in [9.17, 15) is 9.90 Å². The Labute approximate surface area is 179 Å². The third-order valence-electron chi connectivity index (χ3n) is 7.52. The van der Waals surface area contributed by atoms with Crippen molar-refractivity contribution in [2.75, 3.05) is 0 Å². The van der Waals surface area contributed by atoms with Gasteiger partial charge in [-0.1, -0.05) is 58.6 Å². The minimum Gasteiger partial charge on any atom is -0.481 e. The van der Waals surface area contributed by atoms with Crippen LogP contribution < -0.4 is 0 Å². The SMILES string of the molecule is CC(C)(C)[Si](C)(C)OC(/C=C/C1CCCC(O)(CC(=O)O)C1)CCC1CCCC1. The van der Waals surface area contributed by atoms with Crippen LogP contribution in [0.3, 0.4) is 0 Å². The normalized spacial score (nSPS) is 28.1. The van der Waals surface area contributed by atoms with Crippen molar-refractivity contribution in [3.05, 3.63) is 12.2 Å². The van der Waals surface area contributed by atoms with Crippen LogP contribution in [0.25, 0.3) is 0 Å². The molecule has 2 aliphatic rings. The van der Waals surface area contributed by atoms with E-state index in [1.165, 1.54) is 32.1 Å². The second kappa shape index (κ2) is 10.1. The van der Waals surface area contributed by atoms with Crippen LogP contribution >= 0.6 is 0 Å². The van der Waals surface area contributed by atoms with E-state index >= 15 is 0 Å². The first-order chi connectivity index (χ1) is 13.4. The molecule has 0 heterocycles. The standard InChI is InChI=1S/C24H44O4Si/c1-23(2,3)29(4,5)28-21(14-12-19-9-6-7-10-19)15-13-20-11-8-16-24(27,17-20)18-22(25)26/h13,15,19-21,27H,6-12,14,16-18H2,1-5H3,(H,25,26)/b15-13+. The first-order valence-corrected chi connectivity index (χ1v) is 14.6. The van der Waals surface area contributed by atoms with E-state index in [4.69, 9.17) is 9.53 Å². The molecule has 2 fully saturated rings. The summed E-state index contributed by atoms with van der Waals surface area (Å²) in [5.41, 5.74) is -1.06. The zero-order chi connectivity index (χ0) is 21.7. The molecule has 3 unspecified atom stereocenters. The molecule has 0 spiro atoms. The zero-order valence-electron chi connectivity index (χ0n) is 19.4. The average Bonchev–Trinajstić information content (AvgIpc) is 3.08. The van der Waals surface area contributed by atoms with Crippen molar-refractivity contribution in [3.8, 4) is 0 Å². The minimum atomic E-state index is -1.86. The highest BCUT2D eigenvalue weighted by atomic mass is 28.4. The molecule has 0 radical (unpaired) electrons.